The van der Waals surface area contributed by atoms with Crippen molar-refractivity contribution in [2.45, 2.75) is 39.2 Å². The topological polar surface area (TPSA) is 76.1 Å². The van der Waals surface area contributed by atoms with Crippen molar-refractivity contribution < 1.29 is 24.2 Å². The number of benzene rings is 1. The van der Waals surface area contributed by atoms with Crippen molar-refractivity contribution in [3.05, 3.63) is 23.8 Å². The Balaban J connectivity index is 2.27. The van der Waals surface area contributed by atoms with E-state index in [0.29, 0.717) is 43.2 Å². The van der Waals surface area contributed by atoms with Crippen LogP contribution in [-0.4, -0.2) is 47.7 Å². The summed E-state index contributed by atoms with van der Waals surface area (Å²) in [5.74, 6) is -0.140. The number of piperidine rings is 1. The summed E-state index contributed by atoms with van der Waals surface area (Å²) in [6, 6.07) is 4.23. The fourth-order valence-corrected chi connectivity index (χ4v) is 2.78. The Morgan fingerprint density at radius 3 is 2.52 bits per heavy atom. The Bertz CT molecular complexity index is 572. The van der Waals surface area contributed by atoms with Crippen molar-refractivity contribution in [3.63, 3.8) is 0 Å². The van der Waals surface area contributed by atoms with E-state index < -0.39 is 12.0 Å². The van der Waals surface area contributed by atoms with Crippen LogP contribution in [0.5, 0.6) is 11.5 Å². The van der Waals surface area contributed by atoms with Gasteiger partial charge in [-0.2, -0.15) is 0 Å². The molecule has 2 rings (SSSR count). The largest absolute Gasteiger partial charge is 0.490 e. The summed E-state index contributed by atoms with van der Waals surface area (Å²) in [6.45, 7) is 5.15. The van der Waals surface area contributed by atoms with Crippen LogP contribution in [0.2, 0.25) is 0 Å². The summed E-state index contributed by atoms with van der Waals surface area (Å²) < 4.78 is 11.0. The number of aliphatic carboxylic acids is 1. The van der Waals surface area contributed by atoms with Crippen molar-refractivity contribution in [2.75, 3.05) is 19.8 Å². The molecule has 1 amide bonds. The zero-order valence-electron chi connectivity index (χ0n) is 13.6. The average Bonchev–Trinajstić information content (AvgIpc) is 2.56. The Morgan fingerprint density at radius 2 is 1.87 bits per heavy atom. The first-order chi connectivity index (χ1) is 11.1. The Hall–Kier alpha value is -2.24. The SMILES string of the molecule is CCOc1ccc(C(=O)N2CCCCC2C(=O)O)cc1OCC. The van der Waals surface area contributed by atoms with E-state index in [1.165, 1.54) is 4.90 Å². The summed E-state index contributed by atoms with van der Waals surface area (Å²) in [5, 5.41) is 9.32. The molecule has 1 N–H and O–H groups in total. The molecule has 1 aliphatic heterocycles. The van der Waals surface area contributed by atoms with E-state index in [4.69, 9.17) is 9.47 Å². The average molecular weight is 321 g/mol. The first kappa shape index (κ1) is 17.1. The monoisotopic (exact) mass is 321 g/mol. The standard InChI is InChI=1S/C17H23NO5/c1-3-22-14-9-8-12(11-15(14)23-4-2)16(19)18-10-6-5-7-13(18)17(20)21/h8-9,11,13H,3-7,10H2,1-2H3,(H,20,21). The molecule has 1 unspecified atom stereocenters. The van der Waals surface area contributed by atoms with E-state index in [0.717, 1.165) is 12.8 Å². The van der Waals surface area contributed by atoms with E-state index in [9.17, 15) is 14.7 Å². The van der Waals surface area contributed by atoms with Crippen molar-refractivity contribution in [1.82, 2.24) is 4.90 Å². The molecule has 0 spiro atoms. The lowest BCUT2D eigenvalue weighted by atomic mass is 10.0. The van der Waals surface area contributed by atoms with Crippen LogP contribution in [0.15, 0.2) is 18.2 Å². The number of ether oxygens (including phenoxy) is 2. The van der Waals surface area contributed by atoms with Gasteiger partial charge in [-0.15, -0.1) is 0 Å². The highest BCUT2D eigenvalue weighted by Gasteiger charge is 2.32. The van der Waals surface area contributed by atoms with Crippen LogP contribution in [0, 0.1) is 0 Å². The summed E-state index contributed by atoms with van der Waals surface area (Å²) in [5.41, 5.74) is 0.421. The third-order valence-corrected chi connectivity index (χ3v) is 3.84. The van der Waals surface area contributed by atoms with Gasteiger partial charge >= 0.3 is 5.97 Å². The number of carbonyl (C=O) groups excluding carboxylic acids is 1. The van der Waals surface area contributed by atoms with Crippen molar-refractivity contribution >= 4 is 11.9 Å². The highest BCUT2D eigenvalue weighted by Crippen LogP contribution is 2.30. The van der Waals surface area contributed by atoms with Crippen LogP contribution in [-0.2, 0) is 4.79 Å². The van der Waals surface area contributed by atoms with Gasteiger partial charge < -0.3 is 19.5 Å². The van der Waals surface area contributed by atoms with E-state index in [-0.39, 0.29) is 5.91 Å². The summed E-state index contributed by atoms with van der Waals surface area (Å²) in [4.78, 5) is 25.5. The zero-order chi connectivity index (χ0) is 16.8. The van der Waals surface area contributed by atoms with Gasteiger partial charge in [-0.05, 0) is 51.3 Å². The third-order valence-electron chi connectivity index (χ3n) is 3.84. The Labute approximate surface area is 136 Å². The van der Waals surface area contributed by atoms with Crippen LogP contribution >= 0.6 is 0 Å². The van der Waals surface area contributed by atoms with Gasteiger partial charge in [0.2, 0.25) is 0 Å². The minimum atomic E-state index is -0.950. The number of hydrogen-bond acceptors (Lipinski definition) is 4. The Morgan fingerprint density at radius 1 is 1.17 bits per heavy atom. The van der Waals surface area contributed by atoms with Crippen molar-refractivity contribution in [1.29, 1.82) is 0 Å². The number of nitrogens with zero attached hydrogens (tertiary/aromatic N) is 1. The number of carboxylic acids is 1. The zero-order valence-corrected chi connectivity index (χ0v) is 13.6. The maximum Gasteiger partial charge on any atom is 0.326 e. The molecule has 126 valence electrons. The molecule has 1 aromatic carbocycles. The summed E-state index contributed by atoms with van der Waals surface area (Å²) in [6.07, 6.45) is 2.15. The van der Waals surface area contributed by atoms with E-state index in [2.05, 4.69) is 0 Å². The highest BCUT2D eigenvalue weighted by molar-refractivity contribution is 5.97. The highest BCUT2D eigenvalue weighted by atomic mass is 16.5. The molecule has 1 aliphatic rings. The lowest BCUT2D eigenvalue weighted by Gasteiger charge is -2.33. The molecule has 6 nitrogen and oxygen atoms in total. The lowest BCUT2D eigenvalue weighted by molar-refractivity contribution is -0.143. The van der Waals surface area contributed by atoms with Crippen LogP contribution in [0.4, 0.5) is 0 Å². The van der Waals surface area contributed by atoms with E-state index in [1.807, 2.05) is 13.8 Å². The number of likely N-dealkylation sites (tertiary alicyclic amines) is 1. The van der Waals surface area contributed by atoms with Gasteiger partial charge in [0.05, 0.1) is 13.2 Å². The molecule has 1 fully saturated rings. The Kier molecular flexibility index (Phi) is 5.84. The molecule has 6 heteroatoms. The van der Waals surface area contributed by atoms with Gasteiger partial charge in [-0.25, -0.2) is 4.79 Å². The molecular weight excluding hydrogens is 298 g/mol. The van der Waals surface area contributed by atoms with E-state index in [1.54, 1.807) is 18.2 Å². The molecule has 0 radical (unpaired) electrons. The molecule has 1 saturated heterocycles. The van der Waals surface area contributed by atoms with Crippen molar-refractivity contribution in [3.8, 4) is 11.5 Å². The third kappa shape index (κ3) is 3.94. The minimum Gasteiger partial charge on any atom is -0.490 e. The summed E-state index contributed by atoms with van der Waals surface area (Å²) >= 11 is 0. The molecule has 0 aromatic heterocycles. The number of hydrogen-bond donors (Lipinski definition) is 1. The summed E-state index contributed by atoms with van der Waals surface area (Å²) in [7, 11) is 0. The van der Waals surface area contributed by atoms with Gasteiger partial charge in [0.25, 0.3) is 5.91 Å². The normalized spacial score (nSPS) is 17.7. The van der Waals surface area contributed by atoms with Crippen LogP contribution < -0.4 is 9.47 Å². The van der Waals surface area contributed by atoms with Gasteiger partial charge in [0.15, 0.2) is 11.5 Å². The maximum absolute atomic E-state index is 12.7. The molecule has 0 saturated carbocycles. The van der Waals surface area contributed by atoms with Crippen LogP contribution in [0.3, 0.4) is 0 Å². The maximum atomic E-state index is 12.7. The second-order valence-electron chi connectivity index (χ2n) is 5.38. The molecule has 1 heterocycles. The molecule has 0 aliphatic carbocycles. The van der Waals surface area contributed by atoms with Gasteiger partial charge in [-0.1, -0.05) is 0 Å². The second kappa shape index (κ2) is 7.85. The van der Waals surface area contributed by atoms with Gasteiger partial charge in [0, 0.05) is 12.1 Å². The lowest BCUT2D eigenvalue weighted by Crippen LogP contribution is -2.47. The van der Waals surface area contributed by atoms with Crippen molar-refractivity contribution in [2.24, 2.45) is 0 Å². The predicted octanol–water partition coefficient (Wildman–Crippen LogP) is 2.56. The predicted molar refractivity (Wildman–Crippen MR) is 85.1 cm³/mol. The number of amides is 1. The quantitative estimate of drug-likeness (QED) is 0.871. The number of carboxylic acid groups (broad SMARTS) is 1. The van der Waals surface area contributed by atoms with Gasteiger partial charge in [-0.3, -0.25) is 4.79 Å². The fourth-order valence-electron chi connectivity index (χ4n) is 2.78. The smallest absolute Gasteiger partial charge is 0.326 e. The molecule has 0 bridgehead atoms. The second-order valence-corrected chi connectivity index (χ2v) is 5.38. The minimum absolute atomic E-state index is 0.277. The first-order valence-electron chi connectivity index (χ1n) is 8.01. The molecule has 1 atom stereocenters. The molecular formula is C17H23NO5. The number of rotatable bonds is 6. The number of carbonyl (C=O) groups is 2. The van der Waals surface area contributed by atoms with E-state index >= 15 is 0 Å². The van der Waals surface area contributed by atoms with Gasteiger partial charge in [0.1, 0.15) is 6.04 Å². The first-order valence-corrected chi connectivity index (χ1v) is 8.01. The van der Waals surface area contributed by atoms with Crippen LogP contribution in [0.1, 0.15) is 43.5 Å². The van der Waals surface area contributed by atoms with Crippen LogP contribution in [0.25, 0.3) is 0 Å². The fraction of sp³-hybridized carbons (Fsp3) is 0.529. The molecule has 1 aromatic rings. The molecule has 23 heavy (non-hydrogen) atoms.